The number of amides is 1. The molecule has 0 radical (unpaired) electrons. The van der Waals surface area contributed by atoms with Crippen LogP contribution >= 0.6 is 22.6 Å². The minimum absolute atomic E-state index is 0.0234. The van der Waals surface area contributed by atoms with Gasteiger partial charge in [0, 0.05) is 19.5 Å². The van der Waals surface area contributed by atoms with Gasteiger partial charge in [-0.1, -0.05) is 6.08 Å². The first kappa shape index (κ1) is 15.8. The zero-order valence-electron chi connectivity index (χ0n) is 12.4. The molecular formula is C15H22INO3. The van der Waals surface area contributed by atoms with Gasteiger partial charge in [0.25, 0.3) is 0 Å². The predicted molar refractivity (Wildman–Crippen MR) is 85.8 cm³/mol. The van der Waals surface area contributed by atoms with Crippen LogP contribution in [0, 0.1) is 5.41 Å². The molecule has 1 amide bonds. The number of Topliss-reactive ketones (excluding diaryl/α,β-unsaturated/α-hetero) is 1. The number of ketones is 1. The van der Waals surface area contributed by atoms with Crippen LogP contribution in [0.3, 0.4) is 0 Å². The molecule has 1 aliphatic carbocycles. The summed E-state index contributed by atoms with van der Waals surface area (Å²) in [4.78, 5) is 25.7. The van der Waals surface area contributed by atoms with Crippen molar-refractivity contribution in [2.75, 3.05) is 13.1 Å². The van der Waals surface area contributed by atoms with E-state index in [4.69, 9.17) is 4.74 Å². The maximum atomic E-state index is 12.1. The quantitative estimate of drug-likeness (QED) is 0.592. The van der Waals surface area contributed by atoms with Crippen LogP contribution in [-0.2, 0) is 9.53 Å². The molecular weight excluding hydrogens is 369 g/mol. The highest BCUT2D eigenvalue weighted by molar-refractivity contribution is 14.1. The van der Waals surface area contributed by atoms with E-state index in [0.717, 1.165) is 29.4 Å². The fourth-order valence-electron chi connectivity index (χ4n) is 2.85. The number of allylic oxidation sites excluding steroid dienone is 2. The molecule has 0 bridgehead atoms. The van der Waals surface area contributed by atoms with Crippen molar-refractivity contribution >= 4 is 34.5 Å². The molecule has 1 spiro atoms. The molecule has 0 aromatic carbocycles. The molecule has 112 valence electrons. The number of halogens is 1. The van der Waals surface area contributed by atoms with E-state index in [1.807, 2.05) is 20.8 Å². The molecule has 1 heterocycles. The van der Waals surface area contributed by atoms with Crippen molar-refractivity contribution in [1.29, 1.82) is 0 Å². The highest BCUT2D eigenvalue weighted by atomic mass is 127. The van der Waals surface area contributed by atoms with Gasteiger partial charge >= 0.3 is 6.09 Å². The zero-order valence-corrected chi connectivity index (χ0v) is 14.5. The summed E-state index contributed by atoms with van der Waals surface area (Å²) in [5.41, 5.74) is -0.482. The van der Waals surface area contributed by atoms with E-state index < -0.39 is 5.60 Å². The second-order valence-corrected chi connectivity index (χ2v) is 7.94. The first-order chi connectivity index (χ1) is 9.21. The van der Waals surface area contributed by atoms with E-state index in [1.54, 1.807) is 4.90 Å². The topological polar surface area (TPSA) is 46.6 Å². The average Bonchev–Trinajstić information content (AvgIpc) is 2.47. The number of carbonyl (C=O) groups is 2. The fourth-order valence-corrected chi connectivity index (χ4v) is 3.70. The maximum Gasteiger partial charge on any atom is 0.410 e. The normalized spacial score (nSPS) is 27.5. The average molecular weight is 391 g/mol. The summed E-state index contributed by atoms with van der Waals surface area (Å²) in [5, 5.41) is 0. The minimum atomic E-state index is -0.459. The summed E-state index contributed by atoms with van der Waals surface area (Å²) in [6.07, 6.45) is 5.24. The van der Waals surface area contributed by atoms with Crippen molar-refractivity contribution in [2.45, 2.75) is 52.1 Å². The van der Waals surface area contributed by atoms with Gasteiger partial charge in [0.2, 0.25) is 0 Å². The van der Waals surface area contributed by atoms with E-state index in [2.05, 4.69) is 28.7 Å². The Labute approximate surface area is 134 Å². The van der Waals surface area contributed by atoms with Gasteiger partial charge in [-0.25, -0.2) is 4.79 Å². The van der Waals surface area contributed by atoms with E-state index in [0.29, 0.717) is 13.0 Å². The van der Waals surface area contributed by atoms with Crippen LogP contribution in [0.15, 0.2) is 9.66 Å². The lowest BCUT2D eigenvalue weighted by atomic mass is 9.80. The molecule has 1 unspecified atom stereocenters. The zero-order chi connectivity index (χ0) is 15.0. The minimum Gasteiger partial charge on any atom is -0.444 e. The number of likely N-dealkylation sites (tertiary alicyclic amines) is 1. The Balaban J connectivity index is 2.00. The van der Waals surface area contributed by atoms with Gasteiger partial charge in [-0.05, 0) is 68.0 Å². The highest BCUT2D eigenvalue weighted by Crippen LogP contribution is 2.44. The van der Waals surface area contributed by atoms with Crippen LogP contribution in [0.25, 0.3) is 0 Å². The van der Waals surface area contributed by atoms with E-state index >= 15 is 0 Å². The van der Waals surface area contributed by atoms with E-state index in [-0.39, 0.29) is 17.3 Å². The fraction of sp³-hybridized carbons (Fsp3) is 0.733. The number of rotatable bonds is 0. The monoisotopic (exact) mass is 391 g/mol. The van der Waals surface area contributed by atoms with Crippen LogP contribution in [0.2, 0.25) is 0 Å². The van der Waals surface area contributed by atoms with Gasteiger partial charge in [-0.15, -0.1) is 0 Å². The first-order valence-electron chi connectivity index (χ1n) is 7.10. The first-order valence-corrected chi connectivity index (χ1v) is 8.18. The van der Waals surface area contributed by atoms with Crippen molar-refractivity contribution in [3.63, 3.8) is 0 Å². The SMILES string of the molecule is CC(C)(C)OC(=O)N1CCCC2(C=C(I)C(=O)C2)CC1. The summed E-state index contributed by atoms with van der Waals surface area (Å²) in [6, 6.07) is 0. The molecule has 0 N–H and O–H groups in total. The van der Waals surface area contributed by atoms with Gasteiger partial charge in [0.1, 0.15) is 5.60 Å². The standard InChI is InChI=1S/C15H22INO3/c1-14(2,3)20-13(19)17-7-4-5-15(6-8-17)9-11(16)12(18)10-15/h9H,4-8,10H2,1-3H3. The third-order valence-corrected chi connectivity index (χ3v) is 4.76. The van der Waals surface area contributed by atoms with Gasteiger partial charge in [-0.3, -0.25) is 4.79 Å². The molecule has 0 aromatic heterocycles. The van der Waals surface area contributed by atoms with Crippen molar-refractivity contribution in [1.82, 2.24) is 4.90 Å². The summed E-state index contributed by atoms with van der Waals surface area (Å²) >= 11 is 2.13. The smallest absolute Gasteiger partial charge is 0.410 e. The maximum absolute atomic E-state index is 12.1. The Kier molecular flexibility index (Phi) is 4.47. The van der Waals surface area contributed by atoms with E-state index in [9.17, 15) is 9.59 Å². The molecule has 4 nitrogen and oxygen atoms in total. The van der Waals surface area contributed by atoms with Crippen molar-refractivity contribution < 1.29 is 14.3 Å². The van der Waals surface area contributed by atoms with E-state index in [1.165, 1.54) is 0 Å². The number of carbonyl (C=O) groups excluding carboxylic acids is 2. The van der Waals surface area contributed by atoms with Gasteiger partial charge in [-0.2, -0.15) is 0 Å². The summed E-state index contributed by atoms with van der Waals surface area (Å²) in [7, 11) is 0. The molecule has 5 heteroatoms. The third kappa shape index (κ3) is 3.74. The number of hydrogen-bond donors (Lipinski definition) is 0. The summed E-state index contributed by atoms with van der Waals surface area (Å²) in [5.74, 6) is 0.247. The molecule has 0 aromatic rings. The lowest BCUT2D eigenvalue weighted by Crippen LogP contribution is -2.37. The lowest BCUT2D eigenvalue weighted by molar-refractivity contribution is -0.115. The molecule has 2 aliphatic rings. The van der Waals surface area contributed by atoms with Crippen LogP contribution in [0.4, 0.5) is 4.79 Å². The van der Waals surface area contributed by atoms with Gasteiger partial charge < -0.3 is 9.64 Å². The Morgan fingerprint density at radius 2 is 2.05 bits per heavy atom. The molecule has 1 fully saturated rings. The number of hydrogen-bond acceptors (Lipinski definition) is 3. The molecule has 1 saturated heterocycles. The second kappa shape index (κ2) is 5.66. The Hall–Kier alpha value is -0.590. The van der Waals surface area contributed by atoms with Gasteiger partial charge in [0.15, 0.2) is 5.78 Å². The molecule has 1 aliphatic heterocycles. The molecule has 2 rings (SSSR count). The largest absolute Gasteiger partial charge is 0.444 e. The van der Waals surface area contributed by atoms with Crippen LogP contribution in [0.1, 0.15) is 46.5 Å². The van der Waals surface area contributed by atoms with Crippen LogP contribution in [0.5, 0.6) is 0 Å². The molecule has 1 atom stereocenters. The lowest BCUT2D eigenvalue weighted by Gasteiger charge is -2.27. The second-order valence-electron chi connectivity index (χ2n) is 6.78. The molecule has 0 saturated carbocycles. The summed E-state index contributed by atoms with van der Waals surface area (Å²) in [6.45, 7) is 7.03. The Morgan fingerprint density at radius 3 is 2.60 bits per heavy atom. The van der Waals surface area contributed by atoms with Crippen LogP contribution < -0.4 is 0 Å². The molecule has 20 heavy (non-hydrogen) atoms. The number of nitrogens with zero attached hydrogens (tertiary/aromatic N) is 1. The summed E-state index contributed by atoms with van der Waals surface area (Å²) < 4.78 is 6.28. The van der Waals surface area contributed by atoms with Gasteiger partial charge in [0.05, 0.1) is 3.58 Å². The highest BCUT2D eigenvalue weighted by Gasteiger charge is 2.39. The van der Waals surface area contributed by atoms with Crippen LogP contribution in [-0.4, -0.2) is 35.5 Å². The Bertz CT molecular complexity index is 453. The third-order valence-electron chi connectivity index (χ3n) is 3.85. The van der Waals surface area contributed by atoms with Crippen molar-refractivity contribution in [3.05, 3.63) is 9.66 Å². The number of ether oxygens (including phenoxy) is 1. The Morgan fingerprint density at radius 1 is 1.35 bits per heavy atom. The predicted octanol–water partition coefficient (Wildman–Crippen LogP) is 3.69. The van der Waals surface area contributed by atoms with Crippen molar-refractivity contribution in [3.8, 4) is 0 Å². The van der Waals surface area contributed by atoms with Crippen molar-refractivity contribution in [2.24, 2.45) is 5.41 Å².